The molecule has 1 N–H and O–H groups in total. The van der Waals surface area contributed by atoms with Crippen LogP contribution in [0.2, 0.25) is 0 Å². The van der Waals surface area contributed by atoms with Gasteiger partial charge in [-0.2, -0.15) is 0 Å². The van der Waals surface area contributed by atoms with Gasteiger partial charge in [0.25, 0.3) is 0 Å². The number of hydrogen-bond acceptors (Lipinski definition) is 3. The Bertz CT molecular complexity index is 718. The second-order valence-electron chi connectivity index (χ2n) is 8.94. The van der Waals surface area contributed by atoms with E-state index in [-0.39, 0.29) is 0 Å². The van der Waals surface area contributed by atoms with Crippen LogP contribution in [0.1, 0.15) is 69.0 Å². The van der Waals surface area contributed by atoms with E-state index in [1.807, 2.05) is 0 Å². The van der Waals surface area contributed by atoms with Gasteiger partial charge in [-0.3, -0.25) is 0 Å². The monoisotopic (exact) mass is 352 g/mol. The van der Waals surface area contributed by atoms with Gasteiger partial charge in [0, 0.05) is 17.0 Å². The molecule has 4 fully saturated rings. The van der Waals surface area contributed by atoms with E-state index in [1.165, 1.54) is 43.4 Å². The molecule has 4 aliphatic rings. The number of benzene rings is 1. The van der Waals surface area contributed by atoms with Gasteiger partial charge in [-0.1, -0.05) is 26.0 Å². The molecule has 0 unspecified atom stereocenters. The van der Waals surface area contributed by atoms with E-state index in [1.54, 1.807) is 11.3 Å². The SMILES string of the molecule is CC(C)c1ccc(Nc2nc(C3C4CC5CC(C4)CC3C5)cs2)cc1. The molecule has 3 heteroatoms. The number of nitrogens with one attached hydrogen (secondary N) is 1. The van der Waals surface area contributed by atoms with Crippen molar-refractivity contribution in [2.24, 2.45) is 23.7 Å². The van der Waals surface area contributed by atoms with E-state index >= 15 is 0 Å². The predicted octanol–water partition coefficient (Wildman–Crippen LogP) is 6.55. The molecule has 0 spiro atoms. The molecular weight excluding hydrogens is 324 g/mol. The second-order valence-corrected chi connectivity index (χ2v) is 9.79. The van der Waals surface area contributed by atoms with Gasteiger partial charge in [0.15, 0.2) is 5.13 Å². The summed E-state index contributed by atoms with van der Waals surface area (Å²) in [6.45, 7) is 4.47. The summed E-state index contributed by atoms with van der Waals surface area (Å²) in [5, 5.41) is 6.91. The van der Waals surface area contributed by atoms with E-state index in [0.29, 0.717) is 5.92 Å². The fourth-order valence-corrected chi connectivity index (χ4v) is 6.76. The van der Waals surface area contributed by atoms with Crippen molar-refractivity contribution < 1.29 is 0 Å². The molecule has 25 heavy (non-hydrogen) atoms. The molecular formula is C22H28N2S. The zero-order valence-electron chi connectivity index (χ0n) is 15.2. The maximum Gasteiger partial charge on any atom is 0.187 e. The maximum atomic E-state index is 5.02. The van der Waals surface area contributed by atoms with Gasteiger partial charge in [-0.05, 0) is 79.4 Å². The number of rotatable bonds is 4. The van der Waals surface area contributed by atoms with E-state index < -0.39 is 0 Å². The number of nitrogens with zero attached hydrogens (tertiary/aromatic N) is 1. The smallest absolute Gasteiger partial charge is 0.187 e. The van der Waals surface area contributed by atoms with Crippen LogP contribution >= 0.6 is 11.3 Å². The van der Waals surface area contributed by atoms with Gasteiger partial charge in [-0.15, -0.1) is 11.3 Å². The summed E-state index contributed by atoms with van der Waals surface area (Å²) in [7, 11) is 0. The molecule has 0 radical (unpaired) electrons. The van der Waals surface area contributed by atoms with E-state index in [2.05, 4.69) is 48.8 Å². The Morgan fingerprint density at radius 3 is 2.20 bits per heavy atom. The van der Waals surface area contributed by atoms with E-state index in [4.69, 9.17) is 4.98 Å². The molecule has 4 aliphatic carbocycles. The molecule has 0 amide bonds. The topological polar surface area (TPSA) is 24.9 Å². The molecule has 4 bridgehead atoms. The van der Waals surface area contributed by atoms with Crippen LogP contribution in [0.25, 0.3) is 0 Å². The number of thiazole rings is 1. The lowest BCUT2D eigenvalue weighted by molar-refractivity contribution is -0.00392. The van der Waals surface area contributed by atoms with Gasteiger partial charge >= 0.3 is 0 Å². The third kappa shape index (κ3) is 2.91. The Morgan fingerprint density at radius 1 is 0.960 bits per heavy atom. The summed E-state index contributed by atoms with van der Waals surface area (Å²) >= 11 is 1.78. The molecule has 1 aromatic carbocycles. The minimum absolute atomic E-state index is 0.581. The minimum Gasteiger partial charge on any atom is -0.332 e. The molecule has 1 aromatic heterocycles. The van der Waals surface area contributed by atoms with Crippen LogP contribution in [0.15, 0.2) is 29.6 Å². The van der Waals surface area contributed by atoms with Crippen molar-refractivity contribution in [3.63, 3.8) is 0 Å². The highest BCUT2D eigenvalue weighted by Crippen LogP contribution is 2.59. The largest absolute Gasteiger partial charge is 0.332 e. The van der Waals surface area contributed by atoms with Crippen molar-refractivity contribution in [3.8, 4) is 0 Å². The Hall–Kier alpha value is -1.35. The standard InChI is InChI=1S/C22H28N2S/c1-13(2)16-3-5-19(6-4-16)23-22-24-20(12-25-22)21-17-8-14-7-15(10-17)11-18(21)9-14/h3-6,12-15,17-18,21H,7-11H2,1-2H3,(H,23,24). The highest BCUT2D eigenvalue weighted by atomic mass is 32.1. The third-order valence-electron chi connectivity index (χ3n) is 6.92. The van der Waals surface area contributed by atoms with Crippen molar-refractivity contribution in [1.82, 2.24) is 4.98 Å². The maximum absolute atomic E-state index is 5.02. The lowest BCUT2D eigenvalue weighted by atomic mass is 9.51. The number of hydrogen-bond donors (Lipinski definition) is 1. The van der Waals surface area contributed by atoms with E-state index in [9.17, 15) is 0 Å². The molecule has 132 valence electrons. The molecule has 2 nitrogen and oxygen atoms in total. The third-order valence-corrected chi connectivity index (χ3v) is 7.69. The van der Waals surface area contributed by atoms with Crippen LogP contribution in [0.4, 0.5) is 10.8 Å². The normalized spacial score (nSPS) is 33.2. The predicted molar refractivity (Wildman–Crippen MR) is 106 cm³/mol. The Balaban J connectivity index is 1.32. The molecule has 0 aliphatic heterocycles. The van der Waals surface area contributed by atoms with Gasteiger partial charge in [0.05, 0.1) is 5.69 Å². The van der Waals surface area contributed by atoms with Crippen molar-refractivity contribution in [2.45, 2.75) is 57.8 Å². The molecule has 0 saturated heterocycles. The zero-order chi connectivity index (χ0) is 17.0. The van der Waals surface area contributed by atoms with E-state index in [0.717, 1.165) is 40.4 Å². The fraction of sp³-hybridized carbons (Fsp3) is 0.591. The molecule has 4 saturated carbocycles. The molecule has 6 rings (SSSR count). The lowest BCUT2D eigenvalue weighted by Crippen LogP contribution is -2.43. The average Bonchev–Trinajstić information content (AvgIpc) is 3.02. The Morgan fingerprint density at radius 2 is 1.60 bits per heavy atom. The number of aromatic nitrogens is 1. The van der Waals surface area contributed by atoms with Gasteiger partial charge < -0.3 is 5.32 Å². The van der Waals surface area contributed by atoms with Crippen LogP contribution in [0, 0.1) is 23.7 Å². The van der Waals surface area contributed by atoms with Crippen LogP contribution < -0.4 is 5.32 Å². The first-order valence-corrected chi connectivity index (χ1v) is 10.9. The van der Waals surface area contributed by atoms with Gasteiger partial charge in [0.2, 0.25) is 0 Å². The fourth-order valence-electron chi connectivity index (χ4n) is 5.98. The van der Waals surface area contributed by atoms with Gasteiger partial charge in [0.1, 0.15) is 0 Å². The summed E-state index contributed by atoms with van der Waals surface area (Å²) in [6, 6.07) is 8.80. The summed E-state index contributed by atoms with van der Waals surface area (Å²) in [5.74, 6) is 5.22. The lowest BCUT2D eigenvalue weighted by Gasteiger charge is -2.54. The average molecular weight is 353 g/mol. The molecule has 1 heterocycles. The first kappa shape index (κ1) is 15.9. The Kier molecular flexibility index (Phi) is 3.89. The van der Waals surface area contributed by atoms with Crippen molar-refractivity contribution in [2.75, 3.05) is 5.32 Å². The summed E-state index contributed by atoms with van der Waals surface area (Å²) in [5.41, 5.74) is 3.91. The van der Waals surface area contributed by atoms with Crippen molar-refractivity contribution >= 4 is 22.2 Å². The zero-order valence-corrected chi connectivity index (χ0v) is 16.1. The minimum atomic E-state index is 0.581. The Labute approximate surface area is 155 Å². The first-order valence-electron chi connectivity index (χ1n) is 9.98. The van der Waals surface area contributed by atoms with Crippen LogP contribution in [-0.2, 0) is 0 Å². The van der Waals surface area contributed by atoms with Crippen molar-refractivity contribution in [1.29, 1.82) is 0 Å². The number of anilines is 2. The summed E-state index contributed by atoms with van der Waals surface area (Å²) in [4.78, 5) is 5.02. The molecule has 2 aromatic rings. The van der Waals surface area contributed by atoms with Gasteiger partial charge in [-0.25, -0.2) is 4.98 Å². The summed E-state index contributed by atoms with van der Waals surface area (Å²) in [6.07, 6.45) is 7.39. The first-order chi connectivity index (χ1) is 12.2. The van der Waals surface area contributed by atoms with Crippen LogP contribution in [0.5, 0.6) is 0 Å². The second kappa shape index (κ2) is 6.12. The van der Waals surface area contributed by atoms with Crippen LogP contribution in [0.3, 0.4) is 0 Å². The highest BCUT2D eigenvalue weighted by Gasteiger charge is 2.49. The summed E-state index contributed by atoms with van der Waals surface area (Å²) < 4.78 is 0. The van der Waals surface area contributed by atoms with Crippen molar-refractivity contribution in [3.05, 3.63) is 40.9 Å². The quantitative estimate of drug-likeness (QED) is 0.675. The highest BCUT2D eigenvalue weighted by molar-refractivity contribution is 7.13. The molecule has 0 atom stereocenters. The van der Waals surface area contributed by atoms with Crippen LogP contribution in [-0.4, -0.2) is 4.98 Å².